The van der Waals surface area contributed by atoms with Crippen LogP contribution >= 0.6 is 0 Å². The lowest BCUT2D eigenvalue weighted by Crippen LogP contribution is -2.50. The van der Waals surface area contributed by atoms with Gasteiger partial charge in [0.05, 0.1) is 11.3 Å². The third kappa shape index (κ3) is 5.10. The maximum Gasteiger partial charge on any atom is 0.419 e. The largest absolute Gasteiger partial charge is 0.483 e. The molecule has 0 bridgehead atoms. The maximum atomic E-state index is 13.1. The zero-order valence-corrected chi connectivity index (χ0v) is 19.3. The van der Waals surface area contributed by atoms with Gasteiger partial charge >= 0.3 is 6.18 Å². The SMILES string of the molecule is O=C(COc1ccccc1C(F)(F)F)N1CCN(c2ccc(-c3ccc4ccccc4c3)nn2)CC1. The van der Waals surface area contributed by atoms with E-state index >= 15 is 0 Å². The molecule has 3 aromatic carbocycles. The number of carbonyl (C=O) groups excluding carboxylic acids is 1. The Labute approximate surface area is 205 Å². The van der Waals surface area contributed by atoms with Crippen molar-refractivity contribution in [1.29, 1.82) is 0 Å². The highest BCUT2D eigenvalue weighted by Gasteiger charge is 2.34. The van der Waals surface area contributed by atoms with Crippen LogP contribution in [0.3, 0.4) is 0 Å². The number of halogens is 3. The van der Waals surface area contributed by atoms with Crippen LogP contribution in [0.4, 0.5) is 19.0 Å². The molecule has 0 radical (unpaired) electrons. The second-order valence-electron chi connectivity index (χ2n) is 8.49. The predicted molar refractivity (Wildman–Crippen MR) is 131 cm³/mol. The van der Waals surface area contributed by atoms with E-state index in [1.807, 2.05) is 35.2 Å². The Bertz CT molecular complexity index is 1370. The van der Waals surface area contributed by atoms with E-state index in [4.69, 9.17) is 4.74 Å². The fourth-order valence-electron chi connectivity index (χ4n) is 4.24. The van der Waals surface area contributed by atoms with Crippen molar-refractivity contribution < 1.29 is 22.7 Å². The molecular formula is C27H23F3N4O2. The minimum absolute atomic E-state index is 0.348. The first-order valence-corrected chi connectivity index (χ1v) is 11.5. The number of hydrogen-bond acceptors (Lipinski definition) is 5. The first kappa shape index (κ1) is 23.6. The van der Waals surface area contributed by atoms with Gasteiger partial charge in [-0.2, -0.15) is 13.2 Å². The molecule has 0 aliphatic carbocycles. The Hall–Kier alpha value is -4.14. The average molecular weight is 493 g/mol. The summed E-state index contributed by atoms with van der Waals surface area (Å²) in [5.41, 5.74) is 0.859. The maximum absolute atomic E-state index is 13.1. The van der Waals surface area contributed by atoms with Crippen LogP contribution in [-0.4, -0.2) is 53.8 Å². The van der Waals surface area contributed by atoms with Crippen molar-refractivity contribution in [2.45, 2.75) is 6.18 Å². The first-order chi connectivity index (χ1) is 17.4. The molecule has 1 aliphatic rings. The Balaban J connectivity index is 1.17. The molecule has 184 valence electrons. The third-order valence-electron chi connectivity index (χ3n) is 6.20. The topological polar surface area (TPSA) is 58.6 Å². The summed E-state index contributed by atoms with van der Waals surface area (Å²) in [6.07, 6.45) is -4.55. The molecule has 1 amide bonds. The molecule has 2 heterocycles. The monoisotopic (exact) mass is 492 g/mol. The van der Waals surface area contributed by atoms with Crippen molar-refractivity contribution in [3.8, 4) is 17.0 Å². The molecule has 0 unspecified atom stereocenters. The van der Waals surface area contributed by atoms with Crippen molar-refractivity contribution in [3.05, 3.63) is 84.4 Å². The minimum atomic E-state index is -4.55. The molecule has 0 spiro atoms. The van der Waals surface area contributed by atoms with Gasteiger partial charge in [0.1, 0.15) is 5.75 Å². The number of nitrogens with zero attached hydrogens (tertiary/aromatic N) is 4. The van der Waals surface area contributed by atoms with E-state index in [0.717, 1.165) is 28.1 Å². The van der Waals surface area contributed by atoms with Crippen LogP contribution < -0.4 is 9.64 Å². The first-order valence-electron chi connectivity index (χ1n) is 11.5. The fourth-order valence-corrected chi connectivity index (χ4v) is 4.24. The number of benzene rings is 3. The van der Waals surface area contributed by atoms with Gasteiger partial charge in [0.2, 0.25) is 0 Å². The number of rotatable bonds is 5. The molecule has 36 heavy (non-hydrogen) atoms. The van der Waals surface area contributed by atoms with Crippen molar-refractivity contribution in [1.82, 2.24) is 15.1 Å². The average Bonchev–Trinajstić information content (AvgIpc) is 2.91. The van der Waals surface area contributed by atoms with Gasteiger partial charge in [-0.1, -0.05) is 48.5 Å². The van der Waals surface area contributed by atoms with Crippen molar-refractivity contribution in [2.75, 3.05) is 37.7 Å². The van der Waals surface area contributed by atoms with Gasteiger partial charge in [-0.15, -0.1) is 10.2 Å². The number of aromatic nitrogens is 2. The Morgan fingerprint density at radius 1 is 0.833 bits per heavy atom. The second-order valence-corrected chi connectivity index (χ2v) is 8.49. The Morgan fingerprint density at radius 2 is 1.56 bits per heavy atom. The molecule has 1 aliphatic heterocycles. The van der Waals surface area contributed by atoms with Gasteiger partial charge in [0.25, 0.3) is 5.91 Å². The standard InChI is InChI=1S/C27H23F3N4O2/c28-27(29,30)22-7-3-4-8-24(22)36-18-26(35)34-15-13-33(14-16-34)25-12-11-23(31-32-25)21-10-9-19-5-1-2-6-20(19)17-21/h1-12,17H,13-16,18H2. The Morgan fingerprint density at radius 3 is 2.28 bits per heavy atom. The highest BCUT2D eigenvalue weighted by molar-refractivity contribution is 5.86. The van der Waals surface area contributed by atoms with Gasteiger partial charge < -0.3 is 14.5 Å². The van der Waals surface area contributed by atoms with Crippen molar-refractivity contribution >= 4 is 22.5 Å². The summed E-state index contributed by atoms with van der Waals surface area (Å²) in [5.74, 6) is 0.00474. The van der Waals surface area contributed by atoms with Gasteiger partial charge in [0.15, 0.2) is 12.4 Å². The van der Waals surface area contributed by atoms with Crippen LogP contribution in [0.1, 0.15) is 5.56 Å². The highest BCUT2D eigenvalue weighted by atomic mass is 19.4. The highest BCUT2D eigenvalue weighted by Crippen LogP contribution is 2.35. The van der Waals surface area contributed by atoms with E-state index in [1.54, 1.807) is 4.90 Å². The van der Waals surface area contributed by atoms with E-state index in [9.17, 15) is 18.0 Å². The van der Waals surface area contributed by atoms with E-state index in [-0.39, 0.29) is 11.7 Å². The molecular weight excluding hydrogens is 469 g/mol. The quantitative estimate of drug-likeness (QED) is 0.391. The summed E-state index contributed by atoms with van der Waals surface area (Å²) in [5, 5.41) is 11.1. The molecule has 6 nitrogen and oxygen atoms in total. The van der Waals surface area contributed by atoms with Gasteiger partial charge in [0, 0.05) is 31.7 Å². The second kappa shape index (κ2) is 9.85. The van der Waals surface area contributed by atoms with Crippen molar-refractivity contribution in [3.63, 3.8) is 0 Å². The Kier molecular flexibility index (Phi) is 6.45. The fraction of sp³-hybridized carbons (Fsp3) is 0.222. The van der Waals surface area contributed by atoms with E-state index in [1.165, 1.54) is 18.2 Å². The van der Waals surface area contributed by atoms with E-state index in [0.29, 0.717) is 32.0 Å². The van der Waals surface area contributed by atoms with Crippen LogP contribution in [0.15, 0.2) is 78.9 Å². The molecule has 1 saturated heterocycles. The zero-order valence-electron chi connectivity index (χ0n) is 19.3. The smallest absolute Gasteiger partial charge is 0.419 e. The summed E-state index contributed by atoms with van der Waals surface area (Å²) >= 11 is 0. The number of amides is 1. The lowest BCUT2D eigenvalue weighted by atomic mass is 10.1. The number of alkyl halides is 3. The van der Waals surface area contributed by atoms with Crippen LogP contribution in [0.25, 0.3) is 22.0 Å². The molecule has 1 fully saturated rings. The van der Waals surface area contributed by atoms with Gasteiger partial charge in [-0.25, -0.2) is 0 Å². The number of anilines is 1. The number of hydrogen-bond donors (Lipinski definition) is 0. The van der Waals surface area contributed by atoms with Crippen LogP contribution in [-0.2, 0) is 11.0 Å². The zero-order chi connectivity index (χ0) is 25.1. The number of ether oxygens (including phenoxy) is 1. The molecule has 0 saturated carbocycles. The van der Waals surface area contributed by atoms with E-state index < -0.39 is 18.3 Å². The summed E-state index contributed by atoms with van der Waals surface area (Å²) in [7, 11) is 0. The predicted octanol–water partition coefficient (Wildman–Crippen LogP) is 5.04. The van der Waals surface area contributed by atoms with Crippen LogP contribution in [0.5, 0.6) is 5.75 Å². The lowest BCUT2D eigenvalue weighted by Gasteiger charge is -2.35. The lowest BCUT2D eigenvalue weighted by molar-refractivity contribution is -0.141. The van der Waals surface area contributed by atoms with Crippen LogP contribution in [0, 0.1) is 0 Å². The third-order valence-corrected chi connectivity index (χ3v) is 6.20. The normalized spacial score (nSPS) is 14.2. The number of carbonyl (C=O) groups is 1. The summed E-state index contributed by atoms with van der Waals surface area (Å²) in [6, 6.07) is 23.0. The molecule has 1 aromatic heterocycles. The van der Waals surface area contributed by atoms with E-state index in [2.05, 4.69) is 34.5 Å². The molecule has 0 atom stereocenters. The van der Waals surface area contributed by atoms with Gasteiger partial charge in [-0.05, 0) is 41.1 Å². The number of para-hydroxylation sites is 1. The minimum Gasteiger partial charge on any atom is -0.483 e. The summed E-state index contributed by atoms with van der Waals surface area (Å²) < 4.78 is 44.6. The van der Waals surface area contributed by atoms with Crippen molar-refractivity contribution in [2.24, 2.45) is 0 Å². The molecule has 0 N–H and O–H groups in total. The number of fused-ring (bicyclic) bond motifs is 1. The molecule has 4 aromatic rings. The van der Waals surface area contributed by atoms with Gasteiger partial charge in [-0.3, -0.25) is 4.79 Å². The molecule has 9 heteroatoms. The molecule has 5 rings (SSSR count). The summed E-state index contributed by atoms with van der Waals surface area (Å²) in [6.45, 7) is 1.45. The summed E-state index contributed by atoms with van der Waals surface area (Å²) in [4.78, 5) is 16.2. The van der Waals surface area contributed by atoms with Crippen LogP contribution in [0.2, 0.25) is 0 Å². The number of piperazine rings is 1.